The summed E-state index contributed by atoms with van der Waals surface area (Å²) in [5.74, 6) is -2.27. The highest BCUT2D eigenvalue weighted by atomic mass is 35.5. The third-order valence-corrected chi connectivity index (χ3v) is 5.63. The number of carboxylic acid groups (broad SMARTS) is 1. The second kappa shape index (κ2) is 7.66. The lowest BCUT2D eigenvalue weighted by atomic mass is 10.1. The average molecular weight is 387 g/mol. The molecule has 1 aliphatic rings. The van der Waals surface area contributed by atoms with Gasteiger partial charge in [0.1, 0.15) is 21.7 Å². The molecule has 0 amide bonds. The highest BCUT2D eigenvalue weighted by Crippen LogP contribution is 2.40. The summed E-state index contributed by atoms with van der Waals surface area (Å²) in [6, 6.07) is 3.48. The van der Waals surface area contributed by atoms with Crippen LogP contribution in [0.5, 0.6) is 0 Å². The van der Waals surface area contributed by atoms with Gasteiger partial charge in [-0.15, -0.1) is 0 Å². The van der Waals surface area contributed by atoms with Gasteiger partial charge in [-0.05, 0) is 25.0 Å². The first kappa shape index (κ1) is 18.1. The molecule has 8 heteroatoms. The van der Waals surface area contributed by atoms with Gasteiger partial charge in [-0.25, -0.2) is 13.8 Å². The van der Waals surface area contributed by atoms with E-state index < -0.39 is 17.6 Å². The minimum Gasteiger partial charge on any atom is -0.481 e. The van der Waals surface area contributed by atoms with Gasteiger partial charge in [0.15, 0.2) is 5.13 Å². The number of hydrogen-bond donors (Lipinski definition) is 1. The monoisotopic (exact) mass is 386 g/mol. The van der Waals surface area contributed by atoms with Crippen LogP contribution in [0.2, 0.25) is 4.34 Å². The van der Waals surface area contributed by atoms with E-state index in [1.165, 1.54) is 17.4 Å². The fourth-order valence-corrected chi connectivity index (χ4v) is 4.39. The molecule has 1 N–H and O–H groups in total. The minimum atomic E-state index is -0.879. The number of rotatable bonds is 6. The molecule has 1 aromatic carbocycles. The maximum Gasteiger partial charge on any atom is 0.305 e. The lowest BCUT2D eigenvalue weighted by Crippen LogP contribution is -2.35. The molecule has 1 aliphatic carbocycles. The van der Waals surface area contributed by atoms with Crippen LogP contribution >= 0.6 is 22.9 Å². The van der Waals surface area contributed by atoms with Crippen molar-refractivity contribution in [3.05, 3.63) is 34.2 Å². The Morgan fingerprint density at radius 2 is 2.08 bits per heavy atom. The van der Waals surface area contributed by atoms with Crippen LogP contribution in [-0.2, 0) is 4.79 Å². The predicted octanol–water partition coefficient (Wildman–Crippen LogP) is 4.97. The van der Waals surface area contributed by atoms with Crippen molar-refractivity contribution in [1.82, 2.24) is 4.98 Å². The number of carbonyl (C=O) groups is 1. The quantitative estimate of drug-likeness (QED) is 0.761. The Morgan fingerprint density at radius 1 is 1.36 bits per heavy atom. The molecule has 25 heavy (non-hydrogen) atoms. The van der Waals surface area contributed by atoms with E-state index in [1.807, 2.05) is 4.90 Å². The maximum absolute atomic E-state index is 14.1. The molecule has 0 atom stereocenters. The van der Waals surface area contributed by atoms with Crippen LogP contribution in [0.4, 0.5) is 13.9 Å². The van der Waals surface area contributed by atoms with Crippen LogP contribution in [-0.4, -0.2) is 28.6 Å². The average Bonchev–Trinajstić information content (AvgIpc) is 3.18. The number of halogens is 3. The van der Waals surface area contributed by atoms with Crippen molar-refractivity contribution in [1.29, 1.82) is 0 Å². The number of nitrogens with zero attached hydrogens (tertiary/aromatic N) is 2. The first-order chi connectivity index (χ1) is 12.0. The summed E-state index contributed by atoms with van der Waals surface area (Å²) >= 11 is 7.45. The number of benzene rings is 1. The van der Waals surface area contributed by atoms with Crippen LogP contribution in [0.25, 0.3) is 11.3 Å². The molecule has 0 saturated heterocycles. The topological polar surface area (TPSA) is 53.4 Å². The highest BCUT2D eigenvalue weighted by Gasteiger charge is 2.27. The van der Waals surface area contributed by atoms with Crippen molar-refractivity contribution in [3.8, 4) is 11.3 Å². The number of aromatic nitrogens is 1. The normalized spacial score (nSPS) is 14.8. The van der Waals surface area contributed by atoms with E-state index in [4.69, 9.17) is 16.7 Å². The Bertz CT molecular complexity index is 778. The molecular weight excluding hydrogens is 370 g/mol. The summed E-state index contributed by atoms with van der Waals surface area (Å²) < 4.78 is 27.5. The van der Waals surface area contributed by atoms with Crippen molar-refractivity contribution in [2.45, 2.75) is 38.1 Å². The van der Waals surface area contributed by atoms with Gasteiger partial charge in [0.2, 0.25) is 0 Å². The van der Waals surface area contributed by atoms with Gasteiger partial charge < -0.3 is 10.0 Å². The summed E-state index contributed by atoms with van der Waals surface area (Å²) in [7, 11) is 0. The molecule has 3 rings (SSSR count). The third kappa shape index (κ3) is 4.10. The molecule has 134 valence electrons. The van der Waals surface area contributed by atoms with Crippen LogP contribution < -0.4 is 4.90 Å². The number of anilines is 1. The summed E-state index contributed by atoms with van der Waals surface area (Å²) in [6.45, 7) is 0.329. The number of hydrogen-bond acceptors (Lipinski definition) is 4. The first-order valence-electron chi connectivity index (χ1n) is 8.06. The second-order valence-corrected chi connectivity index (χ2v) is 7.60. The van der Waals surface area contributed by atoms with Gasteiger partial charge in [0.05, 0.1) is 6.42 Å². The van der Waals surface area contributed by atoms with Gasteiger partial charge in [-0.3, -0.25) is 4.79 Å². The summed E-state index contributed by atoms with van der Waals surface area (Å²) in [5, 5.41) is 9.58. The number of carboxylic acids is 1. The Balaban J connectivity index is 1.93. The van der Waals surface area contributed by atoms with Gasteiger partial charge >= 0.3 is 5.97 Å². The van der Waals surface area contributed by atoms with E-state index in [0.29, 0.717) is 16.0 Å². The second-order valence-electron chi connectivity index (χ2n) is 6.02. The molecule has 0 aliphatic heterocycles. The zero-order valence-corrected chi connectivity index (χ0v) is 14.9. The minimum absolute atomic E-state index is 0.00601. The maximum atomic E-state index is 14.1. The Kier molecular flexibility index (Phi) is 5.54. The Labute approximate surface area is 153 Å². The predicted molar refractivity (Wildman–Crippen MR) is 94.3 cm³/mol. The van der Waals surface area contributed by atoms with E-state index >= 15 is 0 Å². The van der Waals surface area contributed by atoms with Crippen molar-refractivity contribution >= 4 is 34.0 Å². The summed E-state index contributed by atoms with van der Waals surface area (Å²) in [6.07, 6.45) is 4.11. The van der Waals surface area contributed by atoms with Crippen LogP contribution in [0.3, 0.4) is 0 Å². The molecule has 4 nitrogen and oxygen atoms in total. The van der Waals surface area contributed by atoms with E-state index in [0.717, 1.165) is 37.8 Å². The molecule has 2 aromatic rings. The van der Waals surface area contributed by atoms with Gasteiger partial charge in [0, 0.05) is 24.2 Å². The van der Waals surface area contributed by atoms with Crippen LogP contribution in [0, 0.1) is 11.6 Å². The van der Waals surface area contributed by atoms with E-state index in [1.54, 1.807) is 0 Å². The molecule has 0 spiro atoms. The highest BCUT2D eigenvalue weighted by molar-refractivity contribution is 7.20. The standard InChI is InChI=1S/C17H17ClF2N2O2S/c18-16-15(12-6-5-10(19)9-13(12)20)21-17(25-16)22(8-7-14(23)24)11-3-1-2-4-11/h5-6,9,11H,1-4,7-8H2,(H,23,24). The van der Waals surface area contributed by atoms with E-state index in [-0.39, 0.29) is 23.7 Å². The van der Waals surface area contributed by atoms with Crippen molar-refractivity contribution in [2.24, 2.45) is 0 Å². The van der Waals surface area contributed by atoms with Gasteiger partial charge in [-0.2, -0.15) is 0 Å². The Hall–Kier alpha value is -1.73. The lowest BCUT2D eigenvalue weighted by Gasteiger charge is -2.27. The Morgan fingerprint density at radius 3 is 2.72 bits per heavy atom. The van der Waals surface area contributed by atoms with E-state index in [9.17, 15) is 13.6 Å². The first-order valence-corrected chi connectivity index (χ1v) is 9.25. The molecular formula is C17H17ClF2N2O2S. The van der Waals surface area contributed by atoms with Crippen molar-refractivity contribution in [2.75, 3.05) is 11.4 Å². The number of thiazole rings is 1. The van der Waals surface area contributed by atoms with Gasteiger partial charge in [-0.1, -0.05) is 35.8 Å². The SMILES string of the molecule is O=C(O)CCN(c1nc(-c2ccc(F)cc2F)c(Cl)s1)C1CCCC1. The fraction of sp³-hybridized carbons (Fsp3) is 0.412. The smallest absolute Gasteiger partial charge is 0.305 e. The van der Waals surface area contributed by atoms with E-state index in [2.05, 4.69) is 4.98 Å². The zero-order chi connectivity index (χ0) is 18.0. The third-order valence-electron chi connectivity index (χ3n) is 4.34. The molecule has 0 unspecified atom stereocenters. The largest absolute Gasteiger partial charge is 0.481 e. The molecule has 1 heterocycles. The zero-order valence-electron chi connectivity index (χ0n) is 13.3. The molecule has 1 aromatic heterocycles. The van der Waals surface area contributed by atoms with Crippen molar-refractivity contribution in [3.63, 3.8) is 0 Å². The summed E-state index contributed by atoms with van der Waals surface area (Å²) in [5.41, 5.74) is 0.399. The molecule has 0 radical (unpaired) electrons. The van der Waals surface area contributed by atoms with Crippen LogP contribution in [0.15, 0.2) is 18.2 Å². The number of aliphatic carboxylic acids is 1. The fourth-order valence-electron chi connectivity index (χ4n) is 3.13. The van der Waals surface area contributed by atoms with Crippen molar-refractivity contribution < 1.29 is 18.7 Å². The molecule has 1 fully saturated rings. The van der Waals surface area contributed by atoms with Gasteiger partial charge in [0.25, 0.3) is 0 Å². The van der Waals surface area contributed by atoms with Crippen LogP contribution in [0.1, 0.15) is 32.1 Å². The molecule has 0 bridgehead atoms. The molecule has 1 saturated carbocycles. The summed E-state index contributed by atoms with van der Waals surface area (Å²) in [4.78, 5) is 17.4. The lowest BCUT2D eigenvalue weighted by molar-refractivity contribution is -0.136.